The molecule has 2 fully saturated rings. The Balaban J connectivity index is 1.86. The van der Waals surface area contributed by atoms with Gasteiger partial charge in [0.2, 0.25) is 11.8 Å². The summed E-state index contributed by atoms with van der Waals surface area (Å²) < 4.78 is 0. The van der Waals surface area contributed by atoms with E-state index in [2.05, 4.69) is 17.3 Å². The number of amides is 2. The Morgan fingerprint density at radius 1 is 1.21 bits per heavy atom. The third-order valence-corrected chi connectivity index (χ3v) is 4.48. The molecule has 2 rings (SSSR count). The molecule has 2 saturated heterocycles. The Hall–Kier alpha value is -1.10. The molecular weight excluding hydrogens is 242 g/mol. The third kappa shape index (κ3) is 3.26. The van der Waals surface area contributed by atoms with Gasteiger partial charge in [-0.3, -0.25) is 9.59 Å². The lowest BCUT2D eigenvalue weighted by atomic mass is 9.93. The van der Waals surface area contributed by atoms with Crippen LogP contribution in [-0.2, 0) is 9.59 Å². The fourth-order valence-corrected chi connectivity index (χ4v) is 2.95. The van der Waals surface area contributed by atoms with Crippen molar-refractivity contribution in [1.29, 1.82) is 0 Å². The zero-order valence-corrected chi connectivity index (χ0v) is 12.2. The van der Waals surface area contributed by atoms with Crippen molar-refractivity contribution in [2.24, 2.45) is 5.92 Å². The Kier molecular flexibility index (Phi) is 4.45. The number of rotatable bonds is 3. The fourth-order valence-electron chi connectivity index (χ4n) is 2.95. The largest absolute Gasteiger partial charge is 0.343 e. The van der Waals surface area contributed by atoms with Crippen molar-refractivity contribution in [3.05, 3.63) is 0 Å². The molecule has 0 aromatic rings. The minimum atomic E-state index is -0.374. The molecule has 0 aliphatic carbocycles. The Bertz CT molecular complexity index is 351. The predicted octanol–water partition coefficient (Wildman–Crippen LogP) is 0.454. The minimum absolute atomic E-state index is 0.0320. The first kappa shape index (κ1) is 14.3. The molecule has 19 heavy (non-hydrogen) atoms. The molecule has 0 spiro atoms. The topological polar surface area (TPSA) is 52.7 Å². The number of hydrogen-bond donors (Lipinski definition) is 1. The van der Waals surface area contributed by atoms with Crippen molar-refractivity contribution in [2.45, 2.75) is 45.2 Å². The lowest BCUT2D eigenvalue weighted by Gasteiger charge is -2.37. The first-order valence-electron chi connectivity index (χ1n) is 7.28. The van der Waals surface area contributed by atoms with Crippen LogP contribution >= 0.6 is 0 Å². The molecule has 2 amide bonds. The molecule has 0 saturated carbocycles. The fraction of sp³-hybridized carbons (Fsp3) is 0.857. The molecule has 5 heteroatoms. The SMILES string of the molecule is CC1NC(=O)C(C)N(CCC2CCN(C)CC2)C1=O. The normalized spacial score (nSPS) is 30.6. The van der Waals surface area contributed by atoms with E-state index in [0.717, 1.165) is 19.5 Å². The van der Waals surface area contributed by atoms with Crippen LogP contribution in [0.4, 0.5) is 0 Å². The zero-order chi connectivity index (χ0) is 14.0. The second kappa shape index (κ2) is 5.90. The molecule has 2 unspecified atom stereocenters. The van der Waals surface area contributed by atoms with Gasteiger partial charge >= 0.3 is 0 Å². The molecular formula is C14H25N3O2. The van der Waals surface area contributed by atoms with Crippen molar-refractivity contribution >= 4 is 11.8 Å². The van der Waals surface area contributed by atoms with Crippen LogP contribution in [-0.4, -0.2) is 60.4 Å². The quantitative estimate of drug-likeness (QED) is 0.808. The third-order valence-electron chi connectivity index (χ3n) is 4.48. The van der Waals surface area contributed by atoms with Gasteiger partial charge in [0.15, 0.2) is 0 Å². The average Bonchev–Trinajstić information content (AvgIpc) is 2.38. The number of piperidine rings is 1. The first-order chi connectivity index (χ1) is 8.99. The highest BCUT2D eigenvalue weighted by Gasteiger charge is 2.35. The van der Waals surface area contributed by atoms with E-state index >= 15 is 0 Å². The van der Waals surface area contributed by atoms with Crippen molar-refractivity contribution in [1.82, 2.24) is 15.1 Å². The van der Waals surface area contributed by atoms with Crippen molar-refractivity contribution < 1.29 is 9.59 Å². The summed E-state index contributed by atoms with van der Waals surface area (Å²) in [5, 5.41) is 2.72. The monoisotopic (exact) mass is 267 g/mol. The Morgan fingerprint density at radius 3 is 2.47 bits per heavy atom. The zero-order valence-electron chi connectivity index (χ0n) is 12.2. The van der Waals surface area contributed by atoms with Crippen LogP contribution in [0, 0.1) is 5.92 Å². The number of piperazine rings is 1. The molecule has 0 aromatic heterocycles. The van der Waals surface area contributed by atoms with Crippen LogP contribution < -0.4 is 5.32 Å². The average molecular weight is 267 g/mol. The molecule has 0 bridgehead atoms. The lowest BCUT2D eigenvalue weighted by Crippen LogP contribution is -2.61. The number of carbonyl (C=O) groups excluding carboxylic acids is 2. The van der Waals surface area contributed by atoms with Crippen LogP contribution in [0.15, 0.2) is 0 Å². The molecule has 2 aliphatic heterocycles. The molecule has 2 atom stereocenters. The van der Waals surface area contributed by atoms with Crippen LogP contribution in [0.25, 0.3) is 0 Å². The maximum Gasteiger partial charge on any atom is 0.245 e. The molecule has 2 aliphatic rings. The maximum atomic E-state index is 12.1. The van der Waals surface area contributed by atoms with E-state index in [1.807, 2.05) is 6.92 Å². The lowest BCUT2D eigenvalue weighted by molar-refractivity contribution is -0.148. The van der Waals surface area contributed by atoms with Gasteiger partial charge in [0.1, 0.15) is 12.1 Å². The van der Waals surface area contributed by atoms with E-state index in [1.165, 1.54) is 12.8 Å². The highest BCUT2D eigenvalue weighted by Crippen LogP contribution is 2.21. The number of nitrogens with zero attached hydrogens (tertiary/aromatic N) is 2. The molecule has 5 nitrogen and oxygen atoms in total. The van der Waals surface area contributed by atoms with Gasteiger partial charge in [0.05, 0.1) is 0 Å². The van der Waals surface area contributed by atoms with Gasteiger partial charge in [0, 0.05) is 6.54 Å². The summed E-state index contributed by atoms with van der Waals surface area (Å²) in [6.07, 6.45) is 3.42. The summed E-state index contributed by atoms with van der Waals surface area (Å²) in [7, 11) is 2.15. The van der Waals surface area contributed by atoms with Gasteiger partial charge in [-0.25, -0.2) is 0 Å². The van der Waals surface area contributed by atoms with E-state index in [1.54, 1.807) is 11.8 Å². The smallest absolute Gasteiger partial charge is 0.245 e. The van der Waals surface area contributed by atoms with Crippen LogP contribution in [0.5, 0.6) is 0 Å². The van der Waals surface area contributed by atoms with Gasteiger partial charge in [0.25, 0.3) is 0 Å². The van der Waals surface area contributed by atoms with E-state index in [-0.39, 0.29) is 23.9 Å². The van der Waals surface area contributed by atoms with Gasteiger partial charge in [-0.15, -0.1) is 0 Å². The van der Waals surface area contributed by atoms with Gasteiger partial charge in [-0.2, -0.15) is 0 Å². The first-order valence-corrected chi connectivity index (χ1v) is 7.28. The standard InChI is InChI=1S/C14H25N3O2/c1-10-14(19)17(11(2)13(18)15-10)9-6-12-4-7-16(3)8-5-12/h10-12H,4-9H2,1-3H3,(H,15,18). The molecule has 0 radical (unpaired) electrons. The van der Waals surface area contributed by atoms with E-state index < -0.39 is 0 Å². The second-order valence-corrected chi connectivity index (χ2v) is 5.97. The van der Waals surface area contributed by atoms with Crippen molar-refractivity contribution in [3.8, 4) is 0 Å². The van der Waals surface area contributed by atoms with Crippen LogP contribution in [0.3, 0.4) is 0 Å². The highest BCUT2D eigenvalue weighted by molar-refractivity contribution is 5.96. The van der Waals surface area contributed by atoms with Crippen molar-refractivity contribution in [3.63, 3.8) is 0 Å². The van der Waals surface area contributed by atoms with Crippen LogP contribution in [0.2, 0.25) is 0 Å². The summed E-state index contributed by atoms with van der Waals surface area (Å²) in [6.45, 7) is 6.57. The highest BCUT2D eigenvalue weighted by atomic mass is 16.2. The van der Waals surface area contributed by atoms with Gasteiger partial charge in [-0.05, 0) is 59.2 Å². The van der Waals surface area contributed by atoms with Crippen molar-refractivity contribution in [2.75, 3.05) is 26.7 Å². The Labute approximate surface area is 115 Å². The number of hydrogen-bond acceptors (Lipinski definition) is 3. The maximum absolute atomic E-state index is 12.1. The summed E-state index contributed by atoms with van der Waals surface area (Å²) in [6, 6.07) is -0.698. The predicted molar refractivity (Wildman–Crippen MR) is 73.6 cm³/mol. The van der Waals surface area contributed by atoms with E-state index in [0.29, 0.717) is 12.5 Å². The Morgan fingerprint density at radius 2 is 1.84 bits per heavy atom. The number of carbonyl (C=O) groups is 2. The number of likely N-dealkylation sites (tertiary alicyclic amines) is 1. The van der Waals surface area contributed by atoms with E-state index in [4.69, 9.17) is 0 Å². The summed E-state index contributed by atoms with van der Waals surface area (Å²) in [5.74, 6) is 0.715. The van der Waals surface area contributed by atoms with Crippen LogP contribution in [0.1, 0.15) is 33.1 Å². The summed E-state index contributed by atoms with van der Waals surface area (Å²) in [4.78, 5) is 28.0. The molecule has 1 N–H and O–H groups in total. The van der Waals surface area contributed by atoms with Gasteiger partial charge in [-0.1, -0.05) is 0 Å². The second-order valence-electron chi connectivity index (χ2n) is 5.97. The number of nitrogens with one attached hydrogen (secondary N) is 1. The van der Waals surface area contributed by atoms with E-state index in [9.17, 15) is 9.59 Å². The molecule has 0 aromatic carbocycles. The molecule has 2 heterocycles. The summed E-state index contributed by atoms with van der Waals surface area (Å²) in [5.41, 5.74) is 0. The minimum Gasteiger partial charge on any atom is -0.343 e. The summed E-state index contributed by atoms with van der Waals surface area (Å²) >= 11 is 0. The van der Waals surface area contributed by atoms with Gasteiger partial charge < -0.3 is 15.1 Å². The molecule has 108 valence electrons.